The average Bonchev–Trinajstić information content (AvgIpc) is 2.36. The first-order chi connectivity index (χ1) is 9.25. The van der Waals surface area contributed by atoms with E-state index < -0.39 is 17.7 Å². The molecular weight excluding hydrogens is 295 g/mol. The van der Waals surface area contributed by atoms with Crippen LogP contribution in [-0.4, -0.2) is 19.1 Å². The molecule has 0 atom stereocenters. The highest BCUT2D eigenvalue weighted by molar-refractivity contribution is 6.30. The van der Waals surface area contributed by atoms with Crippen molar-refractivity contribution in [1.82, 2.24) is 0 Å². The van der Waals surface area contributed by atoms with E-state index in [1.165, 1.54) is 12.1 Å². The van der Waals surface area contributed by atoms with Crippen LogP contribution in [0, 0.1) is 0 Å². The SMILES string of the molecule is C=C(CNc1ccc(Cl)cc1C(F)(F)F)C(=O)OCC. The minimum atomic E-state index is -4.54. The van der Waals surface area contributed by atoms with Crippen molar-refractivity contribution in [3.8, 4) is 0 Å². The number of ether oxygens (including phenoxy) is 1. The lowest BCUT2D eigenvalue weighted by molar-refractivity contribution is -0.138. The predicted octanol–water partition coefficient (Wildman–Crippen LogP) is 3.89. The van der Waals surface area contributed by atoms with Crippen LogP contribution in [0.15, 0.2) is 30.4 Å². The monoisotopic (exact) mass is 307 g/mol. The second kappa shape index (κ2) is 6.65. The Bertz CT molecular complexity index is 515. The van der Waals surface area contributed by atoms with Crippen molar-refractivity contribution in [2.45, 2.75) is 13.1 Å². The highest BCUT2D eigenvalue weighted by Gasteiger charge is 2.33. The first-order valence-corrected chi connectivity index (χ1v) is 6.09. The van der Waals surface area contributed by atoms with Crippen LogP contribution in [0.1, 0.15) is 12.5 Å². The molecule has 1 aromatic carbocycles. The molecule has 0 spiro atoms. The molecule has 0 heterocycles. The zero-order chi connectivity index (χ0) is 15.3. The lowest BCUT2D eigenvalue weighted by atomic mass is 10.1. The van der Waals surface area contributed by atoms with Crippen LogP contribution in [0.3, 0.4) is 0 Å². The van der Waals surface area contributed by atoms with Crippen molar-refractivity contribution in [2.24, 2.45) is 0 Å². The summed E-state index contributed by atoms with van der Waals surface area (Å²) in [5, 5.41) is 2.49. The smallest absolute Gasteiger partial charge is 0.418 e. The van der Waals surface area contributed by atoms with Gasteiger partial charge in [-0.1, -0.05) is 18.2 Å². The summed E-state index contributed by atoms with van der Waals surface area (Å²) in [4.78, 5) is 11.3. The number of hydrogen-bond donors (Lipinski definition) is 1. The number of nitrogens with one attached hydrogen (secondary N) is 1. The maximum Gasteiger partial charge on any atom is 0.418 e. The maximum absolute atomic E-state index is 12.8. The van der Waals surface area contributed by atoms with Crippen LogP contribution in [0.5, 0.6) is 0 Å². The summed E-state index contributed by atoms with van der Waals surface area (Å²) in [6.07, 6.45) is -4.54. The molecule has 0 bridgehead atoms. The molecule has 0 saturated carbocycles. The van der Waals surface area contributed by atoms with Gasteiger partial charge in [0.05, 0.1) is 12.2 Å². The minimum absolute atomic E-state index is 0.0212. The molecule has 0 aliphatic carbocycles. The molecule has 0 saturated heterocycles. The number of rotatable bonds is 5. The molecule has 0 radical (unpaired) electrons. The van der Waals surface area contributed by atoms with Crippen molar-refractivity contribution < 1.29 is 22.7 Å². The average molecular weight is 308 g/mol. The molecule has 3 nitrogen and oxygen atoms in total. The van der Waals surface area contributed by atoms with E-state index in [-0.39, 0.29) is 29.4 Å². The maximum atomic E-state index is 12.8. The lowest BCUT2D eigenvalue weighted by Gasteiger charge is -2.15. The van der Waals surface area contributed by atoms with Gasteiger partial charge in [-0.05, 0) is 25.1 Å². The van der Waals surface area contributed by atoms with Crippen molar-refractivity contribution in [1.29, 1.82) is 0 Å². The number of halogens is 4. The van der Waals surface area contributed by atoms with Crippen LogP contribution in [0.4, 0.5) is 18.9 Å². The lowest BCUT2D eigenvalue weighted by Crippen LogP contribution is -2.17. The van der Waals surface area contributed by atoms with Gasteiger partial charge in [-0.2, -0.15) is 13.2 Å². The second-order valence-electron chi connectivity index (χ2n) is 3.87. The Morgan fingerprint density at radius 2 is 2.10 bits per heavy atom. The van der Waals surface area contributed by atoms with Crippen LogP contribution in [0.2, 0.25) is 5.02 Å². The fourth-order valence-corrected chi connectivity index (χ4v) is 1.58. The fraction of sp³-hybridized carbons (Fsp3) is 0.308. The molecule has 1 rings (SSSR count). The summed E-state index contributed by atoms with van der Waals surface area (Å²) >= 11 is 5.56. The predicted molar refractivity (Wildman–Crippen MR) is 70.7 cm³/mol. The molecule has 0 aliphatic heterocycles. The zero-order valence-corrected chi connectivity index (χ0v) is 11.4. The highest BCUT2D eigenvalue weighted by Crippen LogP contribution is 2.36. The van der Waals surface area contributed by atoms with Gasteiger partial charge in [0.1, 0.15) is 0 Å². The van der Waals surface area contributed by atoms with Crippen LogP contribution < -0.4 is 5.32 Å². The summed E-state index contributed by atoms with van der Waals surface area (Å²) in [5.41, 5.74) is -1.04. The van der Waals surface area contributed by atoms with Crippen molar-refractivity contribution >= 4 is 23.3 Å². The molecule has 110 valence electrons. The van der Waals surface area contributed by atoms with Crippen molar-refractivity contribution in [3.63, 3.8) is 0 Å². The first-order valence-electron chi connectivity index (χ1n) is 5.71. The highest BCUT2D eigenvalue weighted by atomic mass is 35.5. The third-order valence-electron chi connectivity index (χ3n) is 2.34. The molecule has 20 heavy (non-hydrogen) atoms. The Kier molecular flexibility index (Phi) is 5.44. The first kappa shape index (κ1) is 16.4. The van der Waals surface area contributed by atoms with E-state index in [1.807, 2.05) is 0 Å². The van der Waals surface area contributed by atoms with E-state index in [0.29, 0.717) is 0 Å². The van der Waals surface area contributed by atoms with Gasteiger partial charge in [0.25, 0.3) is 0 Å². The van der Waals surface area contributed by atoms with E-state index in [1.54, 1.807) is 6.92 Å². The Morgan fingerprint density at radius 3 is 2.65 bits per heavy atom. The molecule has 0 aromatic heterocycles. The quantitative estimate of drug-likeness (QED) is 0.662. The molecular formula is C13H13ClF3NO2. The third-order valence-corrected chi connectivity index (χ3v) is 2.58. The number of alkyl halides is 3. The summed E-state index contributed by atoms with van der Waals surface area (Å²) in [7, 11) is 0. The normalized spacial score (nSPS) is 11.1. The van der Waals surface area contributed by atoms with E-state index >= 15 is 0 Å². The number of anilines is 1. The zero-order valence-electron chi connectivity index (χ0n) is 10.7. The topological polar surface area (TPSA) is 38.3 Å². The largest absolute Gasteiger partial charge is 0.463 e. The van der Waals surface area contributed by atoms with Gasteiger partial charge in [0, 0.05) is 22.8 Å². The molecule has 0 fully saturated rings. The fourth-order valence-electron chi connectivity index (χ4n) is 1.41. The van der Waals surface area contributed by atoms with E-state index in [0.717, 1.165) is 6.07 Å². The number of esters is 1. The van der Waals surface area contributed by atoms with Crippen LogP contribution in [0.25, 0.3) is 0 Å². The van der Waals surface area contributed by atoms with Gasteiger partial charge in [-0.3, -0.25) is 0 Å². The second-order valence-corrected chi connectivity index (χ2v) is 4.30. The molecule has 7 heteroatoms. The van der Waals surface area contributed by atoms with Crippen LogP contribution in [-0.2, 0) is 15.7 Å². The molecule has 1 aromatic rings. The standard InChI is InChI=1S/C13H13ClF3NO2/c1-3-20-12(19)8(2)7-18-11-5-4-9(14)6-10(11)13(15,16)17/h4-6,18H,2-3,7H2,1H3. The number of hydrogen-bond acceptors (Lipinski definition) is 3. The molecule has 0 unspecified atom stereocenters. The Hall–Kier alpha value is -1.69. The van der Waals surface area contributed by atoms with Gasteiger partial charge in [-0.25, -0.2) is 4.79 Å². The van der Waals surface area contributed by atoms with Crippen molar-refractivity contribution in [3.05, 3.63) is 40.9 Å². The summed E-state index contributed by atoms with van der Waals surface area (Å²) < 4.78 is 43.1. The van der Waals surface area contributed by atoms with E-state index in [9.17, 15) is 18.0 Å². The van der Waals surface area contributed by atoms with Gasteiger partial charge >= 0.3 is 12.1 Å². The number of carbonyl (C=O) groups is 1. The molecule has 1 N–H and O–H groups in total. The van der Waals surface area contributed by atoms with Gasteiger partial charge in [-0.15, -0.1) is 0 Å². The van der Waals surface area contributed by atoms with Gasteiger partial charge in [0.2, 0.25) is 0 Å². The Balaban J connectivity index is 2.83. The van der Waals surface area contributed by atoms with Crippen molar-refractivity contribution in [2.75, 3.05) is 18.5 Å². The van der Waals surface area contributed by atoms with E-state index in [2.05, 4.69) is 16.6 Å². The number of carbonyl (C=O) groups excluding carboxylic acids is 1. The van der Waals surface area contributed by atoms with Gasteiger partial charge < -0.3 is 10.1 Å². The summed E-state index contributed by atoms with van der Waals surface area (Å²) in [6.45, 7) is 5.10. The Labute approximate surface area is 119 Å². The summed E-state index contributed by atoms with van der Waals surface area (Å²) in [6, 6.07) is 3.34. The van der Waals surface area contributed by atoms with E-state index in [4.69, 9.17) is 11.6 Å². The Morgan fingerprint density at radius 1 is 1.45 bits per heavy atom. The third kappa shape index (κ3) is 4.45. The summed E-state index contributed by atoms with van der Waals surface area (Å²) in [5.74, 6) is -0.650. The molecule has 0 amide bonds. The minimum Gasteiger partial charge on any atom is -0.463 e. The van der Waals surface area contributed by atoms with Gasteiger partial charge in [0.15, 0.2) is 0 Å². The molecule has 0 aliphatic rings. The number of benzene rings is 1. The van der Waals surface area contributed by atoms with Crippen LogP contribution >= 0.6 is 11.6 Å².